The quantitative estimate of drug-likeness (QED) is 0.686. The fourth-order valence-electron chi connectivity index (χ4n) is 1.54. The molecule has 18 heavy (non-hydrogen) atoms. The number of carbonyl (C=O) groups excluding carboxylic acids is 1. The summed E-state index contributed by atoms with van der Waals surface area (Å²) < 4.78 is 0.967. The first-order chi connectivity index (χ1) is 8.65. The Kier molecular flexibility index (Phi) is 3.95. The minimum Gasteiger partial charge on any atom is -0.508 e. The van der Waals surface area contributed by atoms with Gasteiger partial charge in [0.25, 0.3) is 0 Å². The minimum absolute atomic E-state index is 0.0942. The Morgan fingerprint density at radius 2 is 1.89 bits per heavy atom. The molecule has 0 amide bonds. The summed E-state index contributed by atoms with van der Waals surface area (Å²) in [6, 6.07) is 14.0. The van der Waals surface area contributed by atoms with Gasteiger partial charge in [0, 0.05) is 10.0 Å². The van der Waals surface area contributed by atoms with Crippen molar-refractivity contribution in [2.45, 2.75) is 0 Å². The Balaban J connectivity index is 2.17. The Labute approximate surface area is 114 Å². The van der Waals surface area contributed by atoms with Gasteiger partial charge < -0.3 is 5.11 Å². The van der Waals surface area contributed by atoms with Crippen molar-refractivity contribution in [3.8, 4) is 5.75 Å². The molecule has 0 saturated heterocycles. The number of hydrogen-bond acceptors (Lipinski definition) is 2. The molecule has 0 aliphatic carbocycles. The van der Waals surface area contributed by atoms with Gasteiger partial charge in [-0.15, -0.1) is 0 Å². The van der Waals surface area contributed by atoms with E-state index >= 15 is 0 Å². The third-order valence-corrected chi connectivity index (χ3v) is 2.90. The van der Waals surface area contributed by atoms with Crippen LogP contribution in [0.5, 0.6) is 5.75 Å². The highest BCUT2D eigenvalue weighted by Crippen LogP contribution is 2.15. The topological polar surface area (TPSA) is 37.3 Å². The van der Waals surface area contributed by atoms with Gasteiger partial charge in [-0.05, 0) is 35.9 Å². The van der Waals surface area contributed by atoms with E-state index in [9.17, 15) is 9.90 Å². The highest BCUT2D eigenvalue weighted by atomic mass is 79.9. The Morgan fingerprint density at radius 3 is 2.61 bits per heavy atom. The normalized spacial score (nSPS) is 10.7. The van der Waals surface area contributed by atoms with Gasteiger partial charge in [0.2, 0.25) is 0 Å². The van der Waals surface area contributed by atoms with Gasteiger partial charge in [-0.1, -0.05) is 46.3 Å². The lowest BCUT2D eigenvalue weighted by Crippen LogP contribution is -1.93. The Bertz CT molecular complexity index is 603. The second kappa shape index (κ2) is 5.65. The molecular formula is C15H11BrO2. The van der Waals surface area contributed by atoms with E-state index in [0.717, 1.165) is 10.0 Å². The summed E-state index contributed by atoms with van der Waals surface area (Å²) in [6.07, 6.45) is 3.24. The molecule has 0 unspecified atom stereocenters. The minimum atomic E-state index is -0.133. The van der Waals surface area contributed by atoms with Crippen LogP contribution in [0.25, 0.3) is 6.08 Å². The lowest BCUT2D eigenvalue weighted by molar-refractivity contribution is 0.104. The van der Waals surface area contributed by atoms with Crippen molar-refractivity contribution in [3.63, 3.8) is 0 Å². The molecule has 3 heteroatoms. The van der Waals surface area contributed by atoms with Crippen LogP contribution in [0.2, 0.25) is 0 Å². The Hall–Kier alpha value is -1.87. The molecule has 0 saturated carbocycles. The molecule has 2 aromatic rings. The first-order valence-corrected chi connectivity index (χ1v) is 6.21. The average Bonchev–Trinajstić information content (AvgIpc) is 2.36. The van der Waals surface area contributed by atoms with Gasteiger partial charge in [-0.2, -0.15) is 0 Å². The van der Waals surface area contributed by atoms with E-state index in [2.05, 4.69) is 15.9 Å². The molecule has 0 atom stereocenters. The summed E-state index contributed by atoms with van der Waals surface area (Å²) in [6.45, 7) is 0. The zero-order chi connectivity index (χ0) is 13.0. The second-order valence-electron chi connectivity index (χ2n) is 3.80. The van der Waals surface area contributed by atoms with Crippen molar-refractivity contribution in [1.82, 2.24) is 0 Å². The van der Waals surface area contributed by atoms with Gasteiger partial charge in [-0.25, -0.2) is 0 Å². The maximum absolute atomic E-state index is 11.8. The van der Waals surface area contributed by atoms with E-state index in [1.807, 2.05) is 24.3 Å². The fourth-order valence-corrected chi connectivity index (χ4v) is 1.95. The molecule has 0 bridgehead atoms. The van der Waals surface area contributed by atoms with Crippen molar-refractivity contribution in [3.05, 3.63) is 70.2 Å². The first kappa shape index (κ1) is 12.6. The largest absolute Gasteiger partial charge is 0.508 e. The average molecular weight is 303 g/mol. The Morgan fingerprint density at radius 1 is 1.11 bits per heavy atom. The molecule has 0 heterocycles. The molecule has 0 spiro atoms. The summed E-state index contributed by atoms with van der Waals surface area (Å²) in [7, 11) is 0. The number of ketones is 1. The van der Waals surface area contributed by atoms with Crippen molar-refractivity contribution in [2.75, 3.05) is 0 Å². The van der Waals surface area contributed by atoms with Gasteiger partial charge in [0.05, 0.1) is 0 Å². The van der Waals surface area contributed by atoms with Crippen LogP contribution in [0.4, 0.5) is 0 Å². The van der Waals surface area contributed by atoms with Crippen LogP contribution in [-0.4, -0.2) is 10.9 Å². The van der Waals surface area contributed by atoms with Crippen molar-refractivity contribution in [1.29, 1.82) is 0 Å². The van der Waals surface area contributed by atoms with Crippen molar-refractivity contribution in [2.24, 2.45) is 0 Å². The summed E-state index contributed by atoms with van der Waals surface area (Å²) in [5.41, 5.74) is 1.42. The third kappa shape index (κ3) is 3.31. The smallest absolute Gasteiger partial charge is 0.185 e. The summed E-state index contributed by atoms with van der Waals surface area (Å²) >= 11 is 3.37. The molecule has 1 N–H and O–H groups in total. The summed E-state index contributed by atoms with van der Waals surface area (Å²) in [4.78, 5) is 11.8. The van der Waals surface area contributed by atoms with E-state index in [1.165, 1.54) is 18.2 Å². The highest BCUT2D eigenvalue weighted by Gasteiger charge is 2.01. The second-order valence-corrected chi connectivity index (χ2v) is 4.72. The summed E-state index contributed by atoms with van der Waals surface area (Å²) in [5.74, 6) is -0.0393. The molecule has 0 fully saturated rings. The van der Waals surface area contributed by atoms with Gasteiger partial charge in [-0.3, -0.25) is 4.79 Å². The molecule has 0 aliphatic heterocycles. The molecule has 0 radical (unpaired) electrons. The molecular weight excluding hydrogens is 292 g/mol. The SMILES string of the molecule is O=C(/C=C/c1cccc(Br)c1)c1cccc(O)c1. The van der Waals surface area contributed by atoms with Crippen LogP contribution < -0.4 is 0 Å². The lowest BCUT2D eigenvalue weighted by atomic mass is 10.1. The zero-order valence-corrected chi connectivity index (χ0v) is 11.1. The van der Waals surface area contributed by atoms with E-state index < -0.39 is 0 Å². The van der Waals surface area contributed by atoms with Crippen molar-refractivity contribution >= 4 is 27.8 Å². The number of hydrogen-bond donors (Lipinski definition) is 1. The van der Waals surface area contributed by atoms with Gasteiger partial charge in [0.1, 0.15) is 5.75 Å². The highest BCUT2D eigenvalue weighted by molar-refractivity contribution is 9.10. The lowest BCUT2D eigenvalue weighted by Gasteiger charge is -1.97. The molecule has 2 nitrogen and oxygen atoms in total. The van der Waals surface area contributed by atoms with E-state index in [0.29, 0.717) is 5.56 Å². The monoisotopic (exact) mass is 302 g/mol. The standard InChI is InChI=1S/C15H11BrO2/c16-13-5-1-3-11(9-13)7-8-15(18)12-4-2-6-14(17)10-12/h1-10,17H/b8-7+. The van der Waals surface area contributed by atoms with Crippen LogP contribution in [0.3, 0.4) is 0 Å². The van der Waals surface area contributed by atoms with Crippen LogP contribution >= 0.6 is 15.9 Å². The van der Waals surface area contributed by atoms with E-state index in [-0.39, 0.29) is 11.5 Å². The number of benzene rings is 2. The molecule has 2 aromatic carbocycles. The maximum atomic E-state index is 11.8. The number of phenols is 1. The van der Waals surface area contributed by atoms with E-state index in [4.69, 9.17) is 0 Å². The molecule has 90 valence electrons. The van der Waals surface area contributed by atoms with Crippen LogP contribution in [0.15, 0.2) is 59.1 Å². The molecule has 0 aromatic heterocycles. The van der Waals surface area contributed by atoms with Crippen LogP contribution in [-0.2, 0) is 0 Å². The van der Waals surface area contributed by atoms with Crippen molar-refractivity contribution < 1.29 is 9.90 Å². The number of carbonyl (C=O) groups is 1. The van der Waals surface area contributed by atoms with Crippen LogP contribution in [0.1, 0.15) is 15.9 Å². The predicted octanol–water partition coefficient (Wildman–Crippen LogP) is 4.05. The van der Waals surface area contributed by atoms with E-state index in [1.54, 1.807) is 18.2 Å². The number of rotatable bonds is 3. The number of allylic oxidation sites excluding steroid dienone is 1. The van der Waals surface area contributed by atoms with Gasteiger partial charge >= 0.3 is 0 Å². The third-order valence-electron chi connectivity index (χ3n) is 2.41. The number of phenolic OH excluding ortho intramolecular Hbond substituents is 1. The molecule has 0 aliphatic rings. The predicted molar refractivity (Wildman–Crippen MR) is 75.6 cm³/mol. The fraction of sp³-hybridized carbons (Fsp3) is 0. The zero-order valence-electron chi connectivity index (χ0n) is 9.51. The summed E-state index contributed by atoms with van der Waals surface area (Å²) in [5, 5.41) is 9.30. The first-order valence-electron chi connectivity index (χ1n) is 5.42. The van der Waals surface area contributed by atoms with Gasteiger partial charge in [0.15, 0.2) is 5.78 Å². The maximum Gasteiger partial charge on any atom is 0.185 e. The number of aromatic hydroxyl groups is 1. The molecule has 2 rings (SSSR count). The number of halogens is 1. The van der Waals surface area contributed by atoms with Crippen LogP contribution in [0, 0.1) is 0 Å².